The lowest BCUT2D eigenvalue weighted by molar-refractivity contribution is 0.842. The fourth-order valence-electron chi connectivity index (χ4n) is 2.20. The summed E-state index contributed by atoms with van der Waals surface area (Å²) in [7, 11) is 0. The smallest absolute Gasteiger partial charge is 0.162 e. The van der Waals surface area contributed by atoms with Crippen LogP contribution in [0.1, 0.15) is 17.0 Å². The first-order valence-corrected chi connectivity index (χ1v) is 6.38. The number of anilines is 1. The molecule has 96 valence electrons. The molecule has 0 saturated carbocycles. The fourth-order valence-corrected chi connectivity index (χ4v) is 2.20. The zero-order valence-electron chi connectivity index (χ0n) is 10.9. The van der Waals surface area contributed by atoms with Crippen LogP contribution in [-0.2, 0) is 12.8 Å². The molecule has 19 heavy (non-hydrogen) atoms. The van der Waals surface area contributed by atoms with E-state index in [0.29, 0.717) is 5.82 Å². The average molecular weight is 252 g/mol. The van der Waals surface area contributed by atoms with E-state index in [1.165, 1.54) is 11.1 Å². The Balaban J connectivity index is 1.84. The maximum Gasteiger partial charge on any atom is 0.162 e. The summed E-state index contributed by atoms with van der Waals surface area (Å²) >= 11 is 0. The summed E-state index contributed by atoms with van der Waals surface area (Å²) in [5.74, 6) is 1.59. The maximum absolute atomic E-state index is 5.97. The Hall–Kier alpha value is -2.36. The van der Waals surface area contributed by atoms with Gasteiger partial charge in [0.05, 0.1) is 0 Å². The molecule has 2 heterocycles. The van der Waals surface area contributed by atoms with E-state index in [1.807, 2.05) is 22.6 Å². The van der Waals surface area contributed by atoms with E-state index in [4.69, 9.17) is 5.73 Å². The molecular weight excluding hydrogens is 236 g/mol. The zero-order chi connectivity index (χ0) is 13.2. The Kier molecular flexibility index (Phi) is 2.91. The van der Waals surface area contributed by atoms with E-state index in [1.54, 1.807) is 0 Å². The van der Waals surface area contributed by atoms with Crippen LogP contribution in [-0.4, -0.2) is 14.6 Å². The van der Waals surface area contributed by atoms with E-state index >= 15 is 0 Å². The number of aryl methyl sites for hydroxylation is 3. The molecule has 0 saturated heterocycles. The van der Waals surface area contributed by atoms with E-state index in [2.05, 4.69) is 41.4 Å². The third-order valence-electron chi connectivity index (χ3n) is 3.28. The van der Waals surface area contributed by atoms with Gasteiger partial charge in [-0.25, -0.2) is 0 Å². The Morgan fingerprint density at radius 2 is 1.79 bits per heavy atom. The molecule has 0 aliphatic carbocycles. The number of aromatic nitrogens is 3. The van der Waals surface area contributed by atoms with Gasteiger partial charge in [0.2, 0.25) is 0 Å². The highest BCUT2D eigenvalue weighted by Crippen LogP contribution is 2.12. The topological polar surface area (TPSA) is 56.2 Å². The fraction of sp³-hybridized carbons (Fsp3) is 0.200. The first-order valence-electron chi connectivity index (χ1n) is 6.38. The van der Waals surface area contributed by atoms with Crippen molar-refractivity contribution in [1.82, 2.24) is 14.6 Å². The van der Waals surface area contributed by atoms with Crippen LogP contribution in [0.25, 0.3) is 5.65 Å². The molecule has 0 amide bonds. The van der Waals surface area contributed by atoms with Gasteiger partial charge in [0.15, 0.2) is 5.65 Å². The summed E-state index contributed by atoms with van der Waals surface area (Å²) in [4.78, 5) is 0. The summed E-state index contributed by atoms with van der Waals surface area (Å²) in [5, 5.41) is 8.36. The van der Waals surface area contributed by atoms with Crippen molar-refractivity contribution < 1.29 is 0 Å². The summed E-state index contributed by atoms with van der Waals surface area (Å²) in [5.41, 5.74) is 9.36. The molecule has 2 aromatic heterocycles. The highest BCUT2D eigenvalue weighted by Gasteiger charge is 2.07. The van der Waals surface area contributed by atoms with Gasteiger partial charge >= 0.3 is 0 Å². The van der Waals surface area contributed by atoms with E-state index in [9.17, 15) is 0 Å². The predicted octanol–water partition coefficient (Wildman–Crippen LogP) is 2.41. The van der Waals surface area contributed by atoms with Gasteiger partial charge in [0, 0.05) is 6.42 Å². The van der Waals surface area contributed by atoms with Crippen molar-refractivity contribution >= 4 is 11.5 Å². The first-order chi connectivity index (χ1) is 9.24. The van der Waals surface area contributed by atoms with Gasteiger partial charge in [-0.15, -0.1) is 10.2 Å². The third-order valence-corrected chi connectivity index (χ3v) is 3.28. The third kappa shape index (κ3) is 2.29. The standard InChI is InChI=1S/C15H16N4/c1-11-5-7-12(8-6-11)9-10-15-18-17-14-4-2-3-13(16)19(14)15/h2-8H,9-10,16H2,1H3. The summed E-state index contributed by atoms with van der Waals surface area (Å²) < 4.78 is 1.91. The Morgan fingerprint density at radius 1 is 1.00 bits per heavy atom. The van der Waals surface area contributed by atoms with E-state index in [-0.39, 0.29) is 0 Å². The maximum atomic E-state index is 5.97. The molecule has 0 bridgehead atoms. The van der Waals surface area contributed by atoms with E-state index in [0.717, 1.165) is 24.3 Å². The van der Waals surface area contributed by atoms with Crippen LogP contribution in [0.2, 0.25) is 0 Å². The van der Waals surface area contributed by atoms with Gasteiger partial charge in [-0.3, -0.25) is 4.40 Å². The van der Waals surface area contributed by atoms with Crippen molar-refractivity contribution in [3.8, 4) is 0 Å². The van der Waals surface area contributed by atoms with Crippen molar-refractivity contribution in [2.75, 3.05) is 5.73 Å². The number of pyridine rings is 1. The minimum absolute atomic E-state index is 0.682. The molecule has 0 atom stereocenters. The molecule has 1 aromatic carbocycles. The number of benzene rings is 1. The largest absolute Gasteiger partial charge is 0.385 e. The Bertz CT molecular complexity index is 698. The van der Waals surface area contributed by atoms with E-state index < -0.39 is 0 Å². The number of hydrogen-bond acceptors (Lipinski definition) is 3. The first kappa shape index (κ1) is 11.7. The quantitative estimate of drug-likeness (QED) is 0.778. The van der Waals surface area contributed by atoms with Gasteiger partial charge < -0.3 is 5.73 Å². The average Bonchev–Trinajstić information content (AvgIpc) is 2.83. The lowest BCUT2D eigenvalue weighted by atomic mass is 10.1. The Morgan fingerprint density at radius 3 is 2.58 bits per heavy atom. The molecule has 0 spiro atoms. The molecule has 4 nitrogen and oxygen atoms in total. The van der Waals surface area contributed by atoms with Crippen molar-refractivity contribution in [1.29, 1.82) is 0 Å². The number of rotatable bonds is 3. The van der Waals surface area contributed by atoms with Crippen LogP contribution in [0.3, 0.4) is 0 Å². The van der Waals surface area contributed by atoms with Crippen molar-refractivity contribution in [3.63, 3.8) is 0 Å². The molecule has 3 rings (SSSR count). The van der Waals surface area contributed by atoms with Crippen LogP contribution in [0.15, 0.2) is 42.5 Å². The Labute approximate surface area is 111 Å². The second-order valence-electron chi connectivity index (χ2n) is 4.75. The summed E-state index contributed by atoms with van der Waals surface area (Å²) in [6.45, 7) is 2.09. The molecule has 0 aliphatic heterocycles. The molecule has 0 radical (unpaired) electrons. The van der Waals surface area contributed by atoms with Gasteiger partial charge in [-0.1, -0.05) is 35.9 Å². The summed E-state index contributed by atoms with van der Waals surface area (Å²) in [6.07, 6.45) is 1.77. The highest BCUT2D eigenvalue weighted by molar-refractivity contribution is 5.47. The van der Waals surface area contributed by atoms with Crippen LogP contribution in [0, 0.1) is 6.92 Å². The lowest BCUT2D eigenvalue weighted by Crippen LogP contribution is -2.02. The number of fused-ring (bicyclic) bond motifs is 1. The summed E-state index contributed by atoms with van der Waals surface area (Å²) in [6, 6.07) is 14.2. The highest BCUT2D eigenvalue weighted by atomic mass is 15.3. The number of nitrogens with zero attached hydrogens (tertiary/aromatic N) is 3. The number of nitrogens with two attached hydrogens (primary N) is 1. The van der Waals surface area contributed by atoms with Gasteiger partial charge in [0.1, 0.15) is 11.6 Å². The lowest BCUT2D eigenvalue weighted by Gasteiger charge is -2.04. The van der Waals surface area contributed by atoms with Gasteiger partial charge in [0.25, 0.3) is 0 Å². The van der Waals surface area contributed by atoms with Gasteiger partial charge in [-0.05, 0) is 31.0 Å². The second kappa shape index (κ2) is 4.72. The minimum Gasteiger partial charge on any atom is -0.385 e. The molecule has 0 aliphatic rings. The molecule has 0 fully saturated rings. The van der Waals surface area contributed by atoms with Crippen molar-refractivity contribution in [2.24, 2.45) is 0 Å². The van der Waals surface area contributed by atoms with Crippen LogP contribution < -0.4 is 5.73 Å². The molecule has 0 unspecified atom stereocenters. The molecule has 3 aromatic rings. The molecule has 4 heteroatoms. The predicted molar refractivity (Wildman–Crippen MR) is 76.0 cm³/mol. The van der Waals surface area contributed by atoms with Gasteiger partial charge in [-0.2, -0.15) is 0 Å². The number of hydrogen-bond donors (Lipinski definition) is 1. The number of nitrogen functional groups attached to an aromatic ring is 1. The SMILES string of the molecule is Cc1ccc(CCc2nnc3cccc(N)n23)cc1. The van der Waals surface area contributed by atoms with Crippen LogP contribution in [0.5, 0.6) is 0 Å². The molecular formula is C15H16N4. The minimum atomic E-state index is 0.682. The monoisotopic (exact) mass is 252 g/mol. The van der Waals surface area contributed by atoms with Crippen LogP contribution >= 0.6 is 0 Å². The molecule has 2 N–H and O–H groups in total. The second-order valence-corrected chi connectivity index (χ2v) is 4.75. The normalized spacial score (nSPS) is 11.0. The zero-order valence-corrected chi connectivity index (χ0v) is 10.9. The van der Waals surface area contributed by atoms with Crippen molar-refractivity contribution in [3.05, 3.63) is 59.4 Å². The van der Waals surface area contributed by atoms with Crippen LogP contribution in [0.4, 0.5) is 5.82 Å². The van der Waals surface area contributed by atoms with Crippen molar-refractivity contribution in [2.45, 2.75) is 19.8 Å².